The Kier molecular flexibility index (Phi) is 9.96. The number of allylic oxidation sites excluding steroid dienone is 1. The molecule has 2 aliphatic rings. The lowest BCUT2D eigenvalue weighted by molar-refractivity contribution is 0.326. The van der Waals surface area contributed by atoms with Gasteiger partial charge >= 0.3 is 0 Å². The molecule has 0 saturated carbocycles. The lowest BCUT2D eigenvalue weighted by Crippen LogP contribution is -2.22. The highest BCUT2D eigenvalue weighted by Gasteiger charge is 2.45. The van der Waals surface area contributed by atoms with Gasteiger partial charge in [-0.15, -0.1) is 9.24 Å². The second kappa shape index (κ2) is 12.7. The minimum Gasteiger partial charge on any atom is -0.377 e. The van der Waals surface area contributed by atoms with E-state index in [-0.39, 0.29) is 19.7 Å². The highest BCUT2D eigenvalue weighted by molar-refractivity contribution is 7.47. The van der Waals surface area contributed by atoms with Gasteiger partial charge in [-0.25, -0.2) is 0 Å². The van der Waals surface area contributed by atoms with Gasteiger partial charge in [0, 0.05) is 48.1 Å². The number of nitriles is 2. The van der Waals surface area contributed by atoms with Crippen molar-refractivity contribution in [2.24, 2.45) is 5.41 Å². The molecular formula is C31H40N4P2. The highest BCUT2D eigenvalue weighted by Crippen LogP contribution is 2.52. The summed E-state index contributed by atoms with van der Waals surface area (Å²) in [4.78, 5) is 4.47. The molecule has 4 nitrogen and oxygen atoms in total. The zero-order valence-corrected chi connectivity index (χ0v) is 25.3. The first-order valence-corrected chi connectivity index (χ1v) is 14.8. The van der Waals surface area contributed by atoms with E-state index in [1.54, 1.807) is 0 Å². The number of anilines is 2. The minimum absolute atomic E-state index is 0.0476. The van der Waals surface area contributed by atoms with E-state index in [0.29, 0.717) is 0 Å². The Morgan fingerprint density at radius 2 is 1.35 bits per heavy atom. The Morgan fingerprint density at radius 1 is 0.865 bits per heavy atom. The van der Waals surface area contributed by atoms with Crippen molar-refractivity contribution in [2.45, 2.75) is 51.6 Å². The molecule has 0 saturated heterocycles. The van der Waals surface area contributed by atoms with Crippen molar-refractivity contribution >= 4 is 41.3 Å². The predicted molar refractivity (Wildman–Crippen MR) is 166 cm³/mol. The summed E-state index contributed by atoms with van der Waals surface area (Å²) in [5, 5.41) is 18.1. The third-order valence-corrected chi connectivity index (χ3v) is 8.20. The summed E-state index contributed by atoms with van der Waals surface area (Å²) >= 11 is 0. The van der Waals surface area contributed by atoms with Crippen LogP contribution in [0.1, 0.15) is 53.6 Å². The topological polar surface area (TPSA) is 54.1 Å². The fourth-order valence-electron chi connectivity index (χ4n) is 5.80. The van der Waals surface area contributed by atoms with Crippen LogP contribution in [0.4, 0.5) is 11.4 Å². The van der Waals surface area contributed by atoms with Crippen LogP contribution in [0, 0.1) is 27.8 Å². The Labute approximate surface area is 228 Å². The molecule has 0 heterocycles. The molecule has 0 aliphatic heterocycles. The van der Waals surface area contributed by atoms with E-state index >= 15 is 0 Å². The Morgan fingerprint density at radius 3 is 1.81 bits per heavy atom. The fourth-order valence-corrected chi connectivity index (χ4v) is 6.29. The molecule has 0 fully saturated rings. The molecular weight excluding hydrogens is 490 g/mol. The van der Waals surface area contributed by atoms with Crippen LogP contribution in [-0.4, -0.2) is 33.8 Å². The first kappa shape index (κ1) is 28.9. The standard InChI is InChI=1S/C29H34N4P2.C2H6/c1-32(2)27-10-8-20(6-5-7-22(34)18-30)23-14-29(16-25(23)27)15-24-21(12-13-35-19-31)9-11-28(33(3)4)26(24)17-29;1-2/h5-6,8-13,22,35H,7,14-17,34H2,1-4H3;1-2H3/b6-5+,13-12+;. The molecule has 6 heteroatoms. The minimum atomic E-state index is -0.0476. The van der Waals surface area contributed by atoms with E-state index in [1.807, 2.05) is 19.7 Å². The van der Waals surface area contributed by atoms with Crippen molar-refractivity contribution < 1.29 is 0 Å². The van der Waals surface area contributed by atoms with Gasteiger partial charge in [0.1, 0.15) is 0 Å². The van der Waals surface area contributed by atoms with Crippen molar-refractivity contribution in [2.75, 3.05) is 38.0 Å². The van der Waals surface area contributed by atoms with Crippen molar-refractivity contribution in [1.82, 2.24) is 0 Å². The number of rotatable bonds is 7. The van der Waals surface area contributed by atoms with E-state index < -0.39 is 0 Å². The molecule has 0 bridgehead atoms. The van der Waals surface area contributed by atoms with E-state index in [0.717, 1.165) is 32.1 Å². The average molecular weight is 531 g/mol. The fraction of sp³-hybridized carbons (Fsp3) is 0.419. The zero-order chi connectivity index (χ0) is 27.2. The lowest BCUT2D eigenvalue weighted by Gasteiger charge is -2.23. The summed E-state index contributed by atoms with van der Waals surface area (Å²) < 4.78 is 0. The summed E-state index contributed by atoms with van der Waals surface area (Å²) in [5.41, 5.74) is 11.2. The van der Waals surface area contributed by atoms with Crippen LogP contribution in [0.15, 0.2) is 36.2 Å². The molecule has 1 spiro atoms. The van der Waals surface area contributed by atoms with Crippen LogP contribution < -0.4 is 9.80 Å². The Hall–Kier alpha value is -2.64. The number of benzene rings is 2. The second-order valence-electron chi connectivity index (χ2n) is 10.2. The van der Waals surface area contributed by atoms with Crippen molar-refractivity contribution in [3.05, 3.63) is 69.5 Å². The summed E-state index contributed by atoms with van der Waals surface area (Å²) in [6, 6.07) is 11.3. The average Bonchev–Trinajstić information content (AvgIpc) is 3.44. The third kappa shape index (κ3) is 6.27. The first-order chi connectivity index (χ1) is 17.8. The molecule has 4 unspecified atom stereocenters. The highest BCUT2D eigenvalue weighted by atomic mass is 31.1. The monoisotopic (exact) mass is 530 g/mol. The van der Waals surface area contributed by atoms with Gasteiger partial charge in [0.25, 0.3) is 0 Å². The molecule has 2 aromatic carbocycles. The van der Waals surface area contributed by atoms with Gasteiger partial charge in [0.2, 0.25) is 0 Å². The molecule has 4 rings (SSSR count). The maximum absolute atomic E-state index is 9.13. The number of hydrogen-bond acceptors (Lipinski definition) is 4. The Bertz CT molecular complexity index is 1260. The van der Waals surface area contributed by atoms with Crippen molar-refractivity contribution in [3.63, 3.8) is 0 Å². The summed E-state index contributed by atoms with van der Waals surface area (Å²) in [6.07, 6.45) is 11.5. The molecule has 37 heavy (non-hydrogen) atoms. The zero-order valence-electron chi connectivity index (χ0n) is 23.1. The largest absolute Gasteiger partial charge is 0.377 e. The maximum atomic E-state index is 9.13. The quantitative estimate of drug-likeness (QED) is 0.361. The van der Waals surface area contributed by atoms with Gasteiger partial charge in [-0.2, -0.15) is 10.5 Å². The van der Waals surface area contributed by atoms with E-state index in [4.69, 9.17) is 10.5 Å². The molecule has 0 radical (unpaired) electrons. The van der Waals surface area contributed by atoms with Crippen molar-refractivity contribution in [3.8, 4) is 11.9 Å². The van der Waals surface area contributed by atoms with Gasteiger partial charge in [-0.05, 0) is 88.8 Å². The Balaban J connectivity index is 0.00000186. The van der Waals surface area contributed by atoms with Crippen LogP contribution in [-0.2, 0) is 25.7 Å². The summed E-state index contributed by atoms with van der Waals surface area (Å²) in [7, 11) is 11.3. The van der Waals surface area contributed by atoms with Crippen LogP contribution in [0.5, 0.6) is 0 Å². The molecule has 0 amide bonds. The van der Waals surface area contributed by atoms with Gasteiger partial charge in [-0.3, -0.25) is 0 Å². The number of hydrogen-bond donors (Lipinski definition) is 0. The van der Waals surface area contributed by atoms with Crippen LogP contribution in [0.2, 0.25) is 0 Å². The molecule has 0 N–H and O–H groups in total. The van der Waals surface area contributed by atoms with Gasteiger partial charge < -0.3 is 9.80 Å². The van der Waals surface area contributed by atoms with Crippen molar-refractivity contribution in [1.29, 1.82) is 10.5 Å². The van der Waals surface area contributed by atoms with E-state index in [1.165, 1.54) is 44.8 Å². The predicted octanol–water partition coefficient (Wildman–Crippen LogP) is 7.03. The van der Waals surface area contributed by atoms with Gasteiger partial charge in [-0.1, -0.05) is 44.2 Å². The first-order valence-electron chi connectivity index (χ1n) is 13.1. The smallest absolute Gasteiger partial charge is 0.0881 e. The molecule has 2 aliphatic carbocycles. The number of fused-ring (bicyclic) bond motifs is 2. The van der Waals surface area contributed by atoms with Crippen LogP contribution in [0.25, 0.3) is 12.2 Å². The molecule has 2 aromatic rings. The number of nitrogens with zero attached hydrogens (tertiary/aromatic N) is 4. The molecule has 4 atom stereocenters. The maximum Gasteiger partial charge on any atom is 0.0881 e. The summed E-state index contributed by atoms with van der Waals surface area (Å²) in [5.74, 6) is 4.26. The van der Waals surface area contributed by atoms with Crippen LogP contribution >= 0.6 is 17.8 Å². The van der Waals surface area contributed by atoms with Gasteiger partial charge in [0.05, 0.1) is 17.5 Å². The summed E-state index contributed by atoms with van der Waals surface area (Å²) in [6.45, 7) is 4.00. The second-order valence-corrected chi connectivity index (χ2v) is 11.9. The van der Waals surface area contributed by atoms with E-state index in [9.17, 15) is 0 Å². The third-order valence-electron chi connectivity index (χ3n) is 7.32. The normalized spacial score (nSPS) is 18.5. The molecule has 194 valence electrons. The van der Waals surface area contributed by atoms with Crippen LogP contribution in [0.3, 0.4) is 0 Å². The SMILES string of the molecule is CC.CN(C)c1ccc(/C=C/CC(P)C#N)c2c1CC1(C2)Cc2c(/C=C/PC#N)ccc(N(C)C)c2C1. The van der Waals surface area contributed by atoms with Gasteiger partial charge in [0.15, 0.2) is 0 Å². The molecule has 0 aromatic heterocycles. The van der Waals surface area contributed by atoms with E-state index in [2.05, 4.69) is 102 Å². The lowest BCUT2D eigenvalue weighted by atomic mass is 9.81.